The van der Waals surface area contributed by atoms with Crippen molar-refractivity contribution >= 4 is 23.5 Å². The zero-order valence-corrected chi connectivity index (χ0v) is 13.1. The molecule has 0 aliphatic carbocycles. The maximum Gasteiger partial charge on any atom is 0.289 e. The summed E-state index contributed by atoms with van der Waals surface area (Å²) in [7, 11) is 0. The van der Waals surface area contributed by atoms with E-state index in [1.807, 2.05) is 0 Å². The molecule has 3 aliphatic rings. The number of piperazine rings is 2. The molecular weight excluding hydrogens is 302 g/mol. The number of amides is 3. The van der Waals surface area contributed by atoms with E-state index in [0.717, 1.165) is 0 Å². The lowest BCUT2D eigenvalue weighted by molar-refractivity contribution is -0.153. The lowest BCUT2D eigenvalue weighted by Crippen LogP contribution is -2.66. The van der Waals surface area contributed by atoms with Gasteiger partial charge in [0, 0.05) is 25.6 Å². The number of carbonyl (C=O) groups excluding carboxylic acids is 4. The van der Waals surface area contributed by atoms with Gasteiger partial charge in [-0.2, -0.15) is 0 Å². The van der Waals surface area contributed by atoms with Gasteiger partial charge in [0.2, 0.25) is 11.8 Å². The smallest absolute Gasteiger partial charge is 0.289 e. The summed E-state index contributed by atoms with van der Waals surface area (Å²) in [4.78, 5) is 51.0. The number of fused-ring (bicyclic) bond motifs is 1. The predicted molar refractivity (Wildman–Crippen MR) is 78.0 cm³/mol. The van der Waals surface area contributed by atoms with Gasteiger partial charge in [-0.05, 0) is 13.8 Å². The summed E-state index contributed by atoms with van der Waals surface area (Å²) in [6.45, 7) is 4.20. The molecule has 0 radical (unpaired) electrons. The van der Waals surface area contributed by atoms with Gasteiger partial charge >= 0.3 is 0 Å². The summed E-state index contributed by atoms with van der Waals surface area (Å²) < 4.78 is 5.61. The third kappa shape index (κ3) is 2.93. The molecule has 0 bridgehead atoms. The van der Waals surface area contributed by atoms with Gasteiger partial charge in [-0.15, -0.1) is 0 Å². The number of nitrogens with one attached hydrogen (secondary N) is 1. The van der Waals surface area contributed by atoms with Crippen molar-refractivity contribution in [3.8, 4) is 0 Å². The molecule has 0 aromatic carbocycles. The molecule has 0 aromatic rings. The number of hydrogen-bond donors (Lipinski definition) is 1. The highest BCUT2D eigenvalue weighted by Gasteiger charge is 2.41. The minimum Gasteiger partial charge on any atom is -0.481 e. The molecule has 3 aliphatic heterocycles. The zero-order valence-electron chi connectivity index (χ0n) is 13.1. The Balaban J connectivity index is 1.75. The fourth-order valence-corrected chi connectivity index (χ4v) is 3.11. The van der Waals surface area contributed by atoms with Crippen molar-refractivity contribution in [1.82, 2.24) is 15.1 Å². The molecule has 8 heteroatoms. The molecule has 3 heterocycles. The van der Waals surface area contributed by atoms with Gasteiger partial charge in [0.15, 0.2) is 11.5 Å². The highest BCUT2D eigenvalue weighted by Crippen LogP contribution is 2.26. The van der Waals surface area contributed by atoms with Gasteiger partial charge in [-0.3, -0.25) is 19.2 Å². The van der Waals surface area contributed by atoms with Gasteiger partial charge < -0.3 is 19.9 Å². The van der Waals surface area contributed by atoms with Crippen LogP contribution >= 0.6 is 0 Å². The molecule has 1 N–H and O–H groups in total. The van der Waals surface area contributed by atoms with Crippen molar-refractivity contribution in [3.63, 3.8) is 0 Å². The Morgan fingerprint density at radius 2 is 2.04 bits per heavy atom. The molecule has 23 heavy (non-hydrogen) atoms. The average Bonchev–Trinajstić information content (AvgIpc) is 2.48. The molecule has 2 saturated heterocycles. The molecular formula is C15H19N3O5. The maximum atomic E-state index is 12.6. The second kappa shape index (κ2) is 5.36. The van der Waals surface area contributed by atoms with Crippen LogP contribution in [-0.2, 0) is 23.9 Å². The van der Waals surface area contributed by atoms with E-state index in [1.54, 1.807) is 13.8 Å². The zero-order chi connectivity index (χ0) is 16.8. The summed E-state index contributed by atoms with van der Waals surface area (Å²) in [5, 5.41) is 2.52. The predicted octanol–water partition coefficient (Wildman–Crippen LogP) is -1.19. The van der Waals surface area contributed by atoms with E-state index in [1.165, 1.54) is 15.9 Å². The van der Waals surface area contributed by atoms with E-state index >= 15 is 0 Å². The van der Waals surface area contributed by atoms with Gasteiger partial charge in [-0.25, -0.2) is 0 Å². The summed E-state index contributed by atoms with van der Waals surface area (Å²) in [5.41, 5.74) is -0.725. The van der Waals surface area contributed by atoms with Crippen LogP contribution in [0, 0.1) is 0 Å². The lowest BCUT2D eigenvalue weighted by Gasteiger charge is -2.43. The Morgan fingerprint density at radius 3 is 2.74 bits per heavy atom. The van der Waals surface area contributed by atoms with E-state index in [9.17, 15) is 19.2 Å². The van der Waals surface area contributed by atoms with Crippen LogP contribution in [0.15, 0.2) is 11.8 Å². The molecule has 0 spiro atoms. The Labute approximate surface area is 133 Å². The minimum absolute atomic E-state index is 0.000233. The number of ketones is 1. The summed E-state index contributed by atoms with van der Waals surface area (Å²) in [6.07, 6.45) is 1.43. The average molecular weight is 321 g/mol. The van der Waals surface area contributed by atoms with Crippen molar-refractivity contribution in [2.24, 2.45) is 0 Å². The van der Waals surface area contributed by atoms with Gasteiger partial charge in [-0.1, -0.05) is 0 Å². The van der Waals surface area contributed by atoms with Crippen LogP contribution in [0.5, 0.6) is 0 Å². The minimum atomic E-state index is -0.725. The number of hydrogen-bond acceptors (Lipinski definition) is 5. The quantitative estimate of drug-likeness (QED) is 0.655. The van der Waals surface area contributed by atoms with Crippen molar-refractivity contribution < 1.29 is 23.9 Å². The molecule has 124 valence electrons. The van der Waals surface area contributed by atoms with E-state index in [-0.39, 0.29) is 42.9 Å². The normalized spacial score (nSPS) is 27.0. The number of nitrogens with zero attached hydrogens (tertiary/aromatic N) is 2. The Bertz CT molecular complexity index is 625. The van der Waals surface area contributed by atoms with Crippen molar-refractivity contribution in [3.05, 3.63) is 11.8 Å². The molecule has 1 unspecified atom stereocenters. The molecule has 1 atom stereocenters. The Kier molecular flexibility index (Phi) is 3.62. The van der Waals surface area contributed by atoms with E-state index < -0.39 is 17.6 Å². The summed E-state index contributed by atoms with van der Waals surface area (Å²) in [6, 6.07) is -0.679. The standard InChI is InChI=1S/C15H19N3O5/c1-15(2)6-9(19)5-11(23-15)14(22)17-3-4-18-10(8-17)13(21)16-7-12(18)20/h5,10H,3-4,6-8H2,1-2H3,(H,16,21). The molecule has 0 aromatic heterocycles. The van der Waals surface area contributed by atoms with Crippen LogP contribution in [0.4, 0.5) is 0 Å². The molecule has 8 nitrogen and oxygen atoms in total. The SMILES string of the molecule is CC1(C)CC(=O)C=C(C(=O)N2CCN3C(=O)CNC(=O)C3C2)O1. The first-order chi connectivity index (χ1) is 10.8. The van der Waals surface area contributed by atoms with Crippen molar-refractivity contribution in [2.75, 3.05) is 26.2 Å². The van der Waals surface area contributed by atoms with Crippen LogP contribution in [0.3, 0.4) is 0 Å². The first kappa shape index (κ1) is 15.5. The number of ether oxygens (including phenoxy) is 1. The van der Waals surface area contributed by atoms with Crippen molar-refractivity contribution in [1.29, 1.82) is 0 Å². The van der Waals surface area contributed by atoms with Crippen LogP contribution in [0.2, 0.25) is 0 Å². The Morgan fingerprint density at radius 1 is 1.30 bits per heavy atom. The molecule has 2 fully saturated rings. The summed E-state index contributed by atoms with van der Waals surface area (Å²) in [5.74, 6) is -0.990. The van der Waals surface area contributed by atoms with Crippen LogP contribution in [0.1, 0.15) is 20.3 Å². The van der Waals surface area contributed by atoms with Crippen LogP contribution in [-0.4, -0.2) is 71.1 Å². The topological polar surface area (TPSA) is 96.0 Å². The Hall–Kier alpha value is -2.38. The highest BCUT2D eigenvalue weighted by atomic mass is 16.5. The number of rotatable bonds is 1. The van der Waals surface area contributed by atoms with Gasteiger partial charge in [0.1, 0.15) is 11.6 Å². The first-order valence-electron chi connectivity index (χ1n) is 7.57. The van der Waals surface area contributed by atoms with E-state index in [0.29, 0.717) is 13.1 Å². The molecule has 0 saturated carbocycles. The third-order valence-electron chi connectivity index (χ3n) is 4.19. The van der Waals surface area contributed by atoms with Crippen LogP contribution in [0.25, 0.3) is 0 Å². The third-order valence-corrected chi connectivity index (χ3v) is 4.19. The molecule has 3 amide bonds. The number of carbonyl (C=O) groups is 4. The van der Waals surface area contributed by atoms with E-state index in [4.69, 9.17) is 4.74 Å². The second-order valence-electron chi connectivity index (χ2n) is 6.59. The van der Waals surface area contributed by atoms with Gasteiger partial charge in [0.05, 0.1) is 13.1 Å². The fourth-order valence-electron chi connectivity index (χ4n) is 3.11. The molecule has 3 rings (SSSR count). The van der Waals surface area contributed by atoms with Gasteiger partial charge in [0.25, 0.3) is 5.91 Å². The summed E-state index contributed by atoms with van der Waals surface area (Å²) >= 11 is 0. The maximum absolute atomic E-state index is 12.6. The van der Waals surface area contributed by atoms with Crippen LogP contribution < -0.4 is 5.32 Å². The first-order valence-corrected chi connectivity index (χ1v) is 7.57. The highest BCUT2D eigenvalue weighted by molar-refractivity contribution is 6.02. The lowest BCUT2D eigenvalue weighted by atomic mass is 9.98. The van der Waals surface area contributed by atoms with Crippen molar-refractivity contribution in [2.45, 2.75) is 31.9 Å². The second-order valence-corrected chi connectivity index (χ2v) is 6.59. The fraction of sp³-hybridized carbons (Fsp3) is 0.600. The number of allylic oxidation sites excluding steroid dienone is 1. The largest absolute Gasteiger partial charge is 0.481 e. The van der Waals surface area contributed by atoms with E-state index in [2.05, 4.69) is 5.32 Å². The monoisotopic (exact) mass is 321 g/mol.